The molecule has 0 saturated carbocycles. The lowest BCUT2D eigenvalue weighted by Gasteiger charge is -2.15. The summed E-state index contributed by atoms with van der Waals surface area (Å²) in [6.07, 6.45) is 0. The standard InChI is InChI=1S/C15H13ClF2N2O/c1-8(13-3-2-11(17)7-14(13)18)20-15(21)9-4-10(16)6-12(19)5-9/h2-8H,19H2,1H3,(H,20,21). The molecular weight excluding hydrogens is 298 g/mol. The Morgan fingerprint density at radius 3 is 2.57 bits per heavy atom. The molecule has 3 N–H and O–H groups in total. The first-order chi connectivity index (χ1) is 9.86. The van der Waals surface area contributed by atoms with E-state index in [1.165, 1.54) is 24.3 Å². The number of benzene rings is 2. The van der Waals surface area contributed by atoms with Crippen molar-refractivity contribution in [3.05, 3.63) is 64.2 Å². The van der Waals surface area contributed by atoms with E-state index >= 15 is 0 Å². The topological polar surface area (TPSA) is 55.1 Å². The molecule has 0 fully saturated rings. The highest BCUT2D eigenvalue weighted by Crippen LogP contribution is 2.20. The van der Waals surface area contributed by atoms with Crippen LogP contribution >= 0.6 is 11.6 Å². The number of nitrogen functional groups attached to an aromatic ring is 1. The van der Waals surface area contributed by atoms with E-state index in [0.29, 0.717) is 10.7 Å². The van der Waals surface area contributed by atoms with Gasteiger partial charge in [0.15, 0.2) is 0 Å². The van der Waals surface area contributed by atoms with Gasteiger partial charge in [0, 0.05) is 27.9 Å². The zero-order chi connectivity index (χ0) is 15.6. The molecule has 0 spiro atoms. The molecule has 0 heterocycles. The average Bonchev–Trinajstić information content (AvgIpc) is 2.37. The number of hydrogen-bond donors (Lipinski definition) is 2. The summed E-state index contributed by atoms with van der Waals surface area (Å²) in [6, 6.07) is 7.02. The van der Waals surface area contributed by atoms with Crippen molar-refractivity contribution < 1.29 is 13.6 Å². The molecule has 21 heavy (non-hydrogen) atoms. The Morgan fingerprint density at radius 2 is 1.95 bits per heavy atom. The zero-order valence-corrected chi connectivity index (χ0v) is 11.9. The molecule has 0 bridgehead atoms. The Bertz CT molecular complexity index is 671. The number of hydrogen-bond acceptors (Lipinski definition) is 2. The fourth-order valence-electron chi connectivity index (χ4n) is 1.95. The number of nitrogens with two attached hydrogens (primary N) is 1. The second-order valence-electron chi connectivity index (χ2n) is 4.63. The second kappa shape index (κ2) is 6.10. The van der Waals surface area contributed by atoms with Crippen molar-refractivity contribution in [3.8, 4) is 0 Å². The molecule has 2 rings (SSSR count). The summed E-state index contributed by atoms with van der Waals surface area (Å²) >= 11 is 5.83. The summed E-state index contributed by atoms with van der Waals surface area (Å²) in [7, 11) is 0. The highest BCUT2D eigenvalue weighted by Gasteiger charge is 2.16. The van der Waals surface area contributed by atoms with Crippen molar-refractivity contribution in [2.45, 2.75) is 13.0 Å². The van der Waals surface area contributed by atoms with Crippen molar-refractivity contribution in [3.63, 3.8) is 0 Å². The molecule has 0 aliphatic carbocycles. The molecule has 0 aliphatic rings. The lowest BCUT2D eigenvalue weighted by molar-refractivity contribution is 0.0939. The first-order valence-corrected chi connectivity index (χ1v) is 6.56. The minimum Gasteiger partial charge on any atom is -0.399 e. The van der Waals surface area contributed by atoms with Gasteiger partial charge >= 0.3 is 0 Å². The molecule has 0 saturated heterocycles. The van der Waals surface area contributed by atoms with E-state index in [4.69, 9.17) is 17.3 Å². The molecule has 110 valence electrons. The molecule has 6 heteroatoms. The highest BCUT2D eigenvalue weighted by atomic mass is 35.5. The van der Waals surface area contributed by atoms with Crippen LogP contribution in [-0.2, 0) is 0 Å². The summed E-state index contributed by atoms with van der Waals surface area (Å²) in [5.41, 5.74) is 6.44. The van der Waals surface area contributed by atoms with Gasteiger partial charge in [-0.25, -0.2) is 8.78 Å². The van der Waals surface area contributed by atoms with Crippen LogP contribution in [0.4, 0.5) is 14.5 Å². The summed E-state index contributed by atoms with van der Waals surface area (Å²) < 4.78 is 26.5. The van der Waals surface area contributed by atoms with Crippen molar-refractivity contribution in [1.82, 2.24) is 5.32 Å². The predicted octanol–water partition coefficient (Wildman–Crippen LogP) is 3.69. The maximum atomic E-state index is 13.6. The van der Waals surface area contributed by atoms with Gasteiger partial charge in [0.1, 0.15) is 11.6 Å². The monoisotopic (exact) mass is 310 g/mol. The summed E-state index contributed by atoms with van der Waals surface area (Å²) in [5.74, 6) is -1.83. The molecule has 0 aromatic heterocycles. The maximum Gasteiger partial charge on any atom is 0.251 e. The number of nitrogens with one attached hydrogen (secondary N) is 1. The van der Waals surface area contributed by atoms with Crippen molar-refractivity contribution >= 4 is 23.2 Å². The van der Waals surface area contributed by atoms with Gasteiger partial charge in [-0.3, -0.25) is 4.79 Å². The van der Waals surface area contributed by atoms with Crippen LogP contribution in [0.2, 0.25) is 5.02 Å². The van der Waals surface area contributed by atoms with Gasteiger partial charge in [-0.15, -0.1) is 0 Å². The number of rotatable bonds is 3. The highest BCUT2D eigenvalue weighted by molar-refractivity contribution is 6.31. The predicted molar refractivity (Wildman–Crippen MR) is 78.1 cm³/mol. The Morgan fingerprint density at radius 1 is 1.24 bits per heavy atom. The minimum atomic E-state index is -0.714. The van der Waals surface area contributed by atoms with Crippen molar-refractivity contribution in [1.29, 1.82) is 0 Å². The summed E-state index contributed by atoms with van der Waals surface area (Å²) in [4.78, 5) is 12.1. The third-order valence-corrected chi connectivity index (χ3v) is 3.18. The zero-order valence-electron chi connectivity index (χ0n) is 11.2. The Hall–Kier alpha value is -2.14. The Balaban J connectivity index is 2.18. The van der Waals surface area contributed by atoms with Crippen molar-refractivity contribution in [2.75, 3.05) is 5.73 Å². The largest absolute Gasteiger partial charge is 0.399 e. The van der Waals surface area contributed by atoms with E-state index in [2.05, 4.69) is 5.32 Å². The number of amides is 1. The van der Waals surface area contributed by atoms with Crippen LogP contribution in [0.1, 0.15) is 28.9 Å². The first-order valence-electron chi connectivity index (χ1n) is 6.18. The Kier molecular flexibility index (Phi) is 4.43. The van der Waals surface area contributed by atoms with E-state index in [1.54, 1.807) is 6.92 Å². The van der Waals surface area contributed by atoms with Gasteiger partial charge < -0.3 is 11.1 Å². The first kappa shape index (κ1) is 15.3. The third-order valence-electron chi connectivity index (χ3n) is 2.96. The molecule has 1 amide bonds. The van der Waals surface area contributed by atoms with Gasteiger partial charge in [0.2, 0.25) is 0 Å². The molecular formula is C15H13ClF2N2O. The lowest BCUT2D eigenvalue weighted by Crippen LogP contribution is -2.27. The molecule has 0 radical (unpaired) electrons. The smallest absolute Gasteiger partial charge is 0.251 e. The quantitative estimate of drug-likeness (QED) is 0.849. The van der Waals surface area contributed by atoms with Crippen LogP contribution in [-0.4, -0.2) is 5.91 Å². The van der Waals surface area contributed by atoms with Crippen LogP contribution in [0, 0.1) is 11.6 Å². The summed E-state index contributed by atoms with van der Waals surface area (Å²) in [6.45, 7) is 1.60. The molecule has 2 aromatic carbocycles. The van der Waals surface area contributed by atoms with Crippen LogP contribution < -0.4 is 11.1 Å². The van der Waals surface area contributed by atoms with Crippen LogP contribution in [0.15, 0.2) is 36.4 Å². The van der Waals surface area contributed by atoms with Gasteiger partial charge in [-0.2, -0.15) is 0 Å². The van der Waals surface area contributed by atoms with E-state index in [9.17, 15) is 13.6 Å². The van der Waals surface area contributed by atoms with Gasteiger partial charge in [-0.05, 0) is 31.2 Å². The Labute approximate surface area is 125 Å². The maximum absolute atomic E-state index is 13.6. The number of halogens is 3. The van der Waals surface area contributed by atoms with Crippen molar-refractivity contribution in [2.24, 2.45) is 0 Å². The van der Waals surface area contributed by atoms with E-state index in [-0.39, 0.29) is 11.1 Å². The van der Waals surface area contributed by atoms with E-state index in [0.717, 1.165) is 12.1 Å². The van der Waals surface area contributed by atoms with Crippen LogP contribution in [0.5, 0.6) is 0 Å². The third kappa shape index (κ3) is 3.70. The molecule has 3 nitrogen and oxygen atoms in total. The van der Waals surface area contributed by atoms with Gasteiger partial charge in [0.25, 0.3) is 5.91 Å². The van der Waals surface area contributed by atoms with Crippen LogP contribution in [0.25, 0.3) is 0 Å². The van der Waals surface area contributed by atoms with E-state index < -0.39 is 23.6 Å². The molecule has 1 unspecified atom stereocenters. The molecule has 1 atom stereocenters. The average molecular weight is 311 g/mol. The van der Waals surface area contributed by atoms with Crippen LogP contribution in [0.3, 0.4) is 0 Å². The number of carbonyl (C=O) groups is 1. The normalized spacial score (nSPS) is 12.0. The fraction of sp³-hybridized carbons (Fsp3) is 0.133. The minimum absolute atomic E-state index is 0.194. The number of anilines is 1. The fourth-order valence-corrected chi connectivity index (χ4v) is 2.20. The number of carbonyl (C=O) groups excluding carboxylic acids is 1. The molecule has 2 aromatic rings. The second-order valence-corrected chi connectivity index (χ2v) is 5.07. The van der Waals surface area contributed by atoms with E-state index in [1.807, 2.05) is 0 Å². The SMILES string of the molecule is CC(NC(=O)c1cc(N)cc(Cl)c1)c1ccc(F)cc1F. The van der Waals surface area contributed by atoms with Gasteiger partial charge in [0.05, 0.1) is 6.04 Å². The lowest BCUT2D eigenvalue weighted by atomic mass is 10.1. The summed E-state index contributed by atoms with van der Waals surface area (Å²) in [5, 5.41) is 2.95. The molecule has 0 aliphatic heterocycles. The van der Waals surface area contributed by atoms with Gasteiger partial charge in [-0.1, -0.05) is 17.7 Å².